The third kappa shape index (κ3) is 15.3. The highest BCUT2D eigenvalue weighted by Gasteiger charge is 2.32. The fourth-order valence-corrected chi connectivity index (χ4v) is 3.94. The van der Waals surface area contributed by atoms with Gasteiger partial charge >= 0.3 is 5.97 Å². The standard InChI is InChI=1S/C27H49N7O9/c1-7-15(6)22(34-23(38)16(28)8-13(2)3)26(41)33-19(12-35)24(39)30-11-21(37)31-17(10-20(29)36)25(40)32-18(27(42)43)9-14(4)5/h13-19,22,35H,7-12,28H2,1-6H3,(H2,29,36)(H,30,39)(H,31,37)(H,32,40)(H,33,41)(H,34,38)(H,42,43)/t15-,16-,17-,18-,19-,22-/m0/s1. The van der Waals surface area contributed by atoms with E-state index in [4.69, 9.17) is 11.5 Å². The van der Waals surface area contributed by atoms with E-state index in [2.05, 4.69) is 26.6 Å². The maximum absolute atomic E-state index is 13.0. The Labute approximate surface area is 251 Å². The van der Waals surface area contributed by atoms with Crippen LogP contribution in [0.2, 0.25) is 0 Å². The molecule has 0 aromatic heterocycles. The average molecular weight is 616 g/mol. The Morgan fingerprint density at radius 3 is 1.74 bits per heavy atom. The van der Waals surface area contributed by atoms with Crippen LogP contribution in [0.25, 0.3) is 0 Å². The maximum atomic E-state index is 13.0. The van der Waals surface area contributed by atoms with Gasteiger partial charge < -0.3 is 48.3 Å². The fourth-order valence-electron chi connectivity index (χ4n) is 3.94. The van der Waals surface area contributed by atoms with Gasteiger partial charge in [0.1, 0.15) is 24.2 Å². The molecular formula is C27H49N7O9. The number of amides is 6. The second-order valence-corrected chi connectivity index (χ2v) is 11.4. The number of carbonyl (C=O) groups excluding carboxylic acids is 6. The van der Waals surface area contributed by atoms with Crippen LogP contribution in [0.4, 0.5) is 0 Å². The molecule has 0 aromatic carbocycles. The van der Waals surface area contributed by atoms with Crippen molar-refractivity contribution < 1.29 is 43.8 Å². The second-order valence-electron chi connectivity index (χ2n) is 11.4. The lowest BCUT2D eigenvalue weighted by Gasteiger charge is -2.27. The highest BCUT2D eigenvalue weighted by atomic mass is 16.4. The fraction of sp³-hybridized carbons (Fsp3) is 0.741. The molecule has 0 aromatic rings. The summed E-state index contributed by atoms with van der Waals surface area (Å²) >= 11 is 0. The van der Waals surface area contributed by atoms with Crippen molar-refractivity contribution >= 4 is 41.4 Å². The predicted octanol–water partition coefficient (Wildman–Crippen LogP) is -2.54. The van der Waals surface area contributed by atoms with Gasteiger partial charge in [0.25, 0.3) is 0 Å². The van der Waals surface area contributed by atoms with Crippen LogP contribution in [0, 0.1) is 17.8 Å². The molecule has 0 radical (unpaired) electrons. The van der Waals surface area contributed by atoms with E-state index in [9.17, 15) is 43.8 Å². The molecule has 0 bridgehead atoms. The Hall–Kier alpha value is -3.79. The van der Waals surface area contributed by atoms with Gasteiger partial charge in [0.05, 0.1) is 25.6 Å². The first-order chi connectivity index (χ1) is 19.9. The molecule has 43 heavy (non-hydrogen) atoms. The van der Waals surface area contributed by atoms with Crippen molar-refractivity contribution in [2.24, 2.45) is 29.2 Å². The van der Waals surface area contributed by atoms with E-state index < -0.39 is 91.2 Å². The van der Waals surface area contributed by atoms with Crippen LogP contribution in [0.15, 0.2) is 0 Å². The molecular weight excluding hydrogens is 566 g/mol. The van der Waals surface area contributed by atoms with Crippen molar-refractivity contribution in [1.29, 1.82) is 0 Å². The normalized spacial score (nSPS) is 15.3. The Morgan fingerprint density at radius 1 is 0.721 bits per heavy atom. The third-order valence-electron chi connectivity index (χ3n) is 6.47. The lowest BCUT2D eigenvalue weighted by molar-refractivity contribution is -0.142. The molecule has 0 saturated carbocycles. The zero-order chi connectivity index (χ0) is 33.4. The number of hydrogen-bond donors (Lipinski definition) is 9. The summed E-state index contributed by atoms with van der Waals surface area (Å²) in [6, 6.07) is -6.19. The molecule has 0 unspecified atom stereocenters. The molecule has 0 rings (SSSR count). The average Bonchev–Trinajstić information content (AvgIpc) is 2.90. The Balaban J connectivity index is 5.35. The molecule has 0 heterocycles. The summed E-state index contributed by atoms with van der Waals surface area (Å²) in [5.74, 6) is -6.66. The summed E-state index contributed by atoms with van der Waals surface area (Å²) < 4.78 is 0. The van der Waals surface area contributed by atoms with E-state index in [0.29, 0.717) is 12.8 Å². The largest absolute Gasteiger partial charge is 0.480 e. The summed E-state index contributed by atoms with van der Waals surface area (Å²) in [5.41, 5.74) is 11.1. The van der Waals surface area contributed by atoms with E-state index in [-0.39, 0.29) is 24.2 Å². The first kappa shape index (κ1) is 39.2. The molecule has 246 valence electrons. The lowest BCUT2D eigenvalue weighted by atomic mass is 9.96. The zero-order valence-corrected chi connectivity index (χ0v) is 25.8. The summed E-state index contributed by atoms with van der Waals surface area (Å²) in [6.07, 6.45) is 0.344. The van der Waals surface area contributed by atoms with Gasteiger partial charge in [0.2, 0.25) is 35.4 Å². The number of nitrogens with two attached hydrogens (primary N) is 2. The number of rotatable bonds is 20. The summed E-state index contributed by atoms with van der Waals surface area (Å²) in [5, 5.41) is 30.7. The van der Waals surface area contributed by atoms with Crippen molar-refractivity contribution in [2.45, 2.75) is 97.4 Å². The topological polar surface area (TPSA) is 272 Å². The van der Waals surface area contributed by atoms with Gasteiger partial charge in [-0.25, -0.2) is 4.79 Å². The van der Waals surface area contributed by atoms with E-state index >= 15 is 0 Å². The van der Waals surface area contributed by atoms with Gasteiger partial charge in [0.15, 0.2) is 0 Å². The van der Waals surface area contributed by atoms with Crippen LogP contribution >= 0.6 is 0 Å². The highest BCUT2D eigenvalue weighted by Crippen LogP contribution is 2.10. The first-order valence-electron chi connectivity index (χ1n) is 14.3. The molecule has 6 atom stereocenters. The summed E-state index contributed by atoms with van der Waals surface area (Å²) in [6.45, 7) is 9.25. The quantitative estimate of drug-likeness (QED) is 0.0692. The lowest BCUT2D eigenvalue weighted by Crippen LogP contribution is -2.59. The molecule has 0 fully saturated rings. The third-order valence-corrected chi connectivity index (χ3v) is 6.47. The van der Waals surface area contributed by atoms with Crippen LogP contribution in [0.1, 0.15) is 67.2 Å². The summed E-state index contributed by atoms with van der Waals surface area (Å²) in [4.78, 5) is 86.3. The number of carboxylic acids is 1. The number of nitrogens with one attached hydrogen (secondary N) is 5. The van der Waals surface area contributed by atoms with Crippen LogP contribution in [-0.2, 0) is 33.6 Å². The molecule has 0 aliphatic heterocycles. The minimum Gasteiger partial charge on any atom is -0.480 e. The molecule has 16 nitrogen and oxygen atoms in total. The number of hydrogen-bond acceptors (Lipinski definition) is 9. The molecule has 0 aliphatic rings. The van der Waals surface area contributed by atoms with E-state index in [1.165, 1.54) is 0 Å². The zero-order valence-electron chi connectivity index (χ0n) is 25.8. The minimum atomic E-state index is -1.52. The van der Waals surface area contributed by atoms with Gasteiger partial charge in [0, 0.05) is 0 Å². The smallest absolute Gasteiger partial charge is 0.326 e. The van der Waals surface area contributed by atoms with Gasteiger partial charge in [-0.2, -0.15) is 0 Å². The van der Waals surface area contributed by atoms with Crippen LogP contribution in [0.3, 0.4) is 0 Å². The molecule has 11 N–H and O–H groups in total. The molecule has 6 amide bonds. The van der Waals surface area contributed by atoms with Crippen LogP contribution in [-0.4, -0.2) is 95.0 Å². The highest BCUT2D eigenvalue weighted by molar-refractivity contribution is 5.96. The number of aliphatic carboxylic acids is 1. The predicted molar refractivity (Wildman–Crippen MR) is 156 cm³/mol. The number of aliphatic hydroxyl groups excluding tert-OH is 1. The Kier molecular flexibility index (Phi) is 17.7. The number of carboxylic acid groups (broad SMARTS) is 1. The Morgan fingerprint density at radius 2 is 1.28 bits per heavy atom. The molecule has 16 heteroatoms. The van der Waals surface area contributed by atoms with Crippen molar-refractivity contribution in [1.82, 2.24) is 26.6 Å². The van der Waals surface area contributed by atoms with Crippen LogP contribution < -0.4 is 38.1 Å². The van der Waals surface area contributed by atoms with Gasteiger partial charge in [-0.05, 0) is 30.6 Å². The van der Waals surface area contributed by atoms with Gasteiger partial charge in [-0.15, -0.1) is 0 Å². The van der Waals surface area contributed by atoms with Crippen molar-refractivity contribution in [3.8, 4) is 0 Å². The summed E-state index contributed by atoms with van der Waals surface area (Å²) in [7, 11) is 0. The van der Waals surface area contributed by atoms with Crippen molar-refractivity contribution in [2.75, 3.05) is 13.2 Å². The van der Waals surface area contributed by atoms with Gasteiger partial charge in [-0.1, -0.05) is 48.0 Å². The maximum Gasteiger partial charge on any atom is 0.326 e. The molecule has 0 saturated heterocycles. The monoisotopic (exact) mass is 615 g/mol. The van der Waals surface area contributed by atoms with E-state index in [1.807, 2.05) is 13.8 Å². The van der Waals surface area contributed by atoms with E-state index in [0.717, 1.165) is 0 Å². The molecule has 0 aliphatic carbocycles. The van der Waals surface area contributed by atoms with E-state index in [1.54, 1.807) is 27.7 Å². The second kappa shape index (κ2) is 19.4. The van der Waals surface area contributed by atoms with Crippen molar-refractivity contribution in [3.63, 3.8) is 0 Å². The van der Waals surface area contributed by atoms with Gasteiger partial charge in [-0.3, -0.25) is 28.8 Å². The number of aliphatic hydroxyl groups is 1. The minimum absolute atomic E-state index is 0.0834. The molecule has 0 spiro atoms. The van der Waals surface area contributed by atoms with Crippen molar-refractivity contribution in [3.05, 3.63) is 0 Å². The number of carbonyl (C=O) groups is 7. The Bertz CT molecular complexity index is 990. The SMILES string of the molecule is CC[C@H](C)[C@H](NC(=O)[C@@H](N)CC(C)C)C(=O)N[C@@H](CO)C(=O)NCC(=O)N[C@@H](CC(N)=O)C(=O)N[C@@H](CC(C)C)C(=O)O. The van der Waals surface area contributed by atoms with Crippen LogP contribution in [0.5, 0.6) is 0 Å². The first-order valence-corrected chi connectivity index (χ1v) is 14.3. The number of primary amides is 1.